The van der Waals surface area contributed by atoms with Gasteiger partial charge in [-0.25, -0.2) is 9.97 Å². The Balaban J connectivity index is 2.11. The second kappa shape index (κ2) is 6.85. The first kappa shape index (κ1) is 15.7. The number of amides is 1. The van der Waals surface area contributed by atoms with Gasteiger partial charge in [0.05, 0.1) is 6.10 Å². The first-order valence-corrected chi connectivity index (χ1v) is 7.43. The fourth-order valence-corrected chi connectivity index (χ4v) is 2.17. The molecule has 1 fully saturated rings. The molecule has 0 bridgehead atoms. The van der Waals surface area contributed by atoms with Crippen LogP contribution in [0, 0.1) is 0 Å². The van der Waals surface area contributed by atoms with Gasteiger partial charge in [-0.15, -0.1) is 0 Å². The monoisotopic (exact) mass is 292 g/mol. The third kappa shape index (κ3) is 4.14. The van der Waals surface area contributed by atoms with Crippen molar-refractivity contribution in [2.24, 2.45) is 0 Å². The summed E-state index contributed by atoms with van der Waals surface area (Å²) in [5.41, 5.74) is 1.28. The van der Waals surface area contributed by atoms with Crippen LogP contribution in [0.1, 0.15) is 48.8 Å². The molecule has 0 aromatic carbocycles. The highest BCUT2D eigenvalue weighted by atomic mass is 16.5. The van der Waals surface area contributed by atoms with Gasteiger partial charge in [0.15, 0.2) is 0 Å². The summed E-state index contributed by atoms with van der Waals surface area (Å²) in [6, 6.07) is 1.77. The van der Waals surface area contributed by atoms with E-state index >= 15 is 0 Å². The number of anilines is 1. The normalized spacial score (nSPS) is 18.0. The zero-order valence-electron chi connectivity index (χ0n) is 13.2. The fourth-order valence-electron chi connectivity index (χ4n) is 2.17. The number of nitrogens with zero attached hydrogens (tertiary/aromatic N) is 3. The topological polar surface area (TPSA) is 67.3 Å². The average molecular weight is 292 g/mol. The zero-order valence-corrected chi connectivity index (χ0v) is 13.2. The Morgan fingerprint density at radius 1 is 1.48 bits per heavy atom. The summed E-state index contributed by atoms with van der Waals surface area (Å²) in [6.07, 6.45) is 2.20. The molecule has 21 heavy (non-hydrogen) atoms. The van der Waals surface area contributed by atoms with Crippen LogP contribution in [0.4, 0.5) is 5.95 Å². The van der Waals surface area contributed by atoms with Crippen LogP contribution in [-0.4, -0.2) is 49.2 Å². The second-order valence-electron chi connectivity index (χ2n) is 5.87. The molecule has 0 radical (unpaired) electrons. The number of ether oxygens (including phenoxy) is 1. The lowest BCUT2D eigenvalue weighted by molar-refractivity contribution is 0.0853. The summed E-state index contributed by atoms with van der Waals surface area (Å²) >= 11 is 0. The molecule has 1 aromatic rings. The Morgan fingerprint density at radius 2 is 2.24 bits per heavy atom. The van der Waals surface area contributed by atoms with Crippen molar-refractivity contribution >= 4 is 11.9 Å². The standard InChI is InChI=1S/C15H24N4O2/c1-10(2)12-8-13(18-15(17-12)19(3)4)14(20)16-9-11-6-5-7-21-11/h8,10-11H,5-7,9H2,1-4H3,(H,16,20)/t11-/m1/s1. The molecule has 0 aliphatic carbocycles. The molecule has 0 saturated carbocycles. The molecule has 0 unspecified atom stereocenters. The molecule has 1 aromatic heterocycles. The third-order valence-corrected chi connectivity index (χ3v) is 3.47. The number of rotatable bonds is 5. The molecule has 2 rings (SSSR count). The summed E-state index contributed by atoms with van der Waals surface area (Å²) in [5.74, 6) is 0.637. The van der Waals surface area contributed by atoms with Crippen LogP contribution in [-0.2, 0) is 4.74 Å². The lowest BCUT2D eigenvalue weighted by atomic mass is 10.1. The number of aromatic nitrogens is 2. The molecule has 1 saturated heterocycles. The van der Waals surface area contributed by atoms with Gasteiger partial charge >= 0.3 is 0 Å². The minimum Gasteiger partial charge on any atom is -0.376 e. The Hall–Kier alpha value is -1.69. The van der Waals surface area contributed by atoms with E-state index in [0.717, 1.165) is 25.1 Å². The summed E-state index contributed by atoms with van der Waals surface area (Å²) < 4.78 is 5.51. The van der Waals surface area contributed by atoms with Crippen LogP contribution < -0.4 is 10.2 Å². The molecule has 1 aliphatic heterocycles. The minimum absolute atomic E-state index is 0.133. The predicted molar refractivity (Wildman–Crippen MR) is 81.8 cm³/mol. The Morgan fingerprint density at radius 3 is 2.81 bits per heavy atom. The van der Waals surface area contributed by atoms with Gasteiger partial charge in [0.25, 0.3) is 5.91 Å². The SMILES string of the molecule is CC(C)c1cc(C(=O)NC[C@H]2CCCO2)nc(N(C)C)n1. The van der Waals surface area contributed by atoms with Crippen molar-refractivity contribution in [3.8, 4) is 0 Å². The van der Waals surface area contributed by atoms with Gasteiger partial charge in [-0.2, -0.15) is 0 Å². The second-order valence-corrected chi connectivity index (χ2v) is 5.87. The first-order valence-electron chi connectivity index (χ1n) is 7.43. The molecule has 0 spiro atoms. The quantitative estimate of drug-likeness (QED) is 0.892. The van der Waals surface area contributed by atoms with Gasteiger partial charge in [-0.05, 0) is 24.8 Å². The summed E-state index contributed by atoms with van der Waals surface area (Å²) in [5, 5.41) is 2.90. The van der Waals surface area contributed by atoms with Crippen molar-refractivity contribution in [2.75, 3.05) is 32.1 Å². The highest BCUT2D eigenvalue weighted by molar-refractivity contribution is 5.92. The molecule has 6 nitrogen and oxygen atoms in total. The zero-order chi connectivity index (χ0) is 15.4. The van der Waals surface area contributed by atoms with E-state index in [-0.39, 0.29) is 17.9 Å². The lowest BCUT2D eigenvalue weighted by Gasteiger charge is -2.15. The molecule has 6 heteroatoms. The Kier molecular flexibility index (Phi) is 5.12. The minimum atomic E-state index is -0.169. The maximum atomic E-state index is 12.3. The van der Waals surface area contributed by atoms with E-state index in [1.54, 1.807) is 6.07 Å². The summed E-state index contributed by atoms with van der Waals surface area (Å²) in [7, 11) is 3.74. The molecule has 1 aliphatic rings. The van der Waals surface area contributed by atoms with Crippen LogP contribution >= 0.6 is 0 Å². The van der Waals surface area contributed by atoms with E-state index in [0.29, 0.717) is 18.2 Å². The molecule has 116 valence electrons. The van der Waals surface area contributed by atoms with Crippen molar-refractivity contribution in [3.63, 3.8) is 0 Å². The maximum absolute atomic E-state index is 12.3. The Labute approximate surface area is 125 Å². The number of hydrogen-bond donors (Lipinski definition) is 1. The van der Waals surface area contributed by atoms with Gasteiger partial charge in [0.2, 0.25) is 5.95 Å². The van der Waals surface area contributed by atoms with Crippen LogP contribution in [0.2, 0.25) is 0 Å². The van der Waals surface area contributed by atoms with E-state index in [4.69, 9.17) is 4.74 Å². The van der Waals surface area contributed by atoms with Crippen molar-refractivity contribution in [1.82, 2.24) is 15.3 Å². The van der Waals surface area contributed by atoms with E-state index < -0.39 is 0 Å². The predicted octanol–water partition coefficient (Wildman–Crippen LogP) is 1.57. The van der Waals surface area contributed by atoms with Gasteiger partial charge in [-0.1, -0.05) is 13.8 Å². The Bertz CT molecular complexity index is 470. The molecule has 1 amide bonds. The van der Waals surface area contributed by atoms with Gasteiger partial charge in [-0.3, -0.25) is 4.79 Å². The third-order valence-electron chi connectivity index (χ3n) is 3.47. The van der Waals surface area contributed by atoms with Crippen molar-refractivity contribution in [3.05, 3.63) is 17.5 Å². The van der Waals surface area contributed by atoms with E-state index in [9.17, 15) is 4.79 Å². The summed E-state index contributed by atoms with van der Waals surface area (Å²) in [4.78, 5) is 22.9. The van der Waals surface area contributed by atoms with E-state index in [1.807, 2.05) is 19.0 Å². The smallest absolute Gasteiger partial charge is 0.270 e. The van der Waals surface area contributed by atoms with E-state index in [1.165, 1.54) is 0 Å². The van der Waals surface area contributed by atoms with Crippen molar-refractivity contribution in [1.29, 1.82) is 0 Å². The van der Waals surface area contributed by atoms with Crippen molar-refractivity contribution in [2.45, 2.75) is 38.7 Å². The number of carbonyl (C=O) groups is 1. The van der Waals surface area contributed by atoms with Gasteiger partial charge < -0.3 is 15.0 Å². The highest BCUT2D eigenvalue weighted by Gasteiger charge is 2.18. The molecule has 1 N–H and O–H groups in total. The number of hydrogen-bond acceptors (Lipinski definition) is 5. The molecular formula is C15H24N4O2. The van der Waals surface area contributed by atoms with Crippen LogP contribution in [0.15, 0.2) is 6.07 Å². The fraction of sp³-hybridized carbons (Fsp3) is 0.667. The van der Waals surface area contributed by atoms with Crippen LogP contribution in [0.5, 0.6) is 0 Å². The maximum Gasteiger partial charge on any atom is 0.270 e. The first-order chi connectivity index (χ1) is 9.97. The van der Waals surface area contributed by atoms with Gasteiger partial charge in [0, 0.05) is 32.9 Å². The summed E-state index contributed by atoms with van der Waals surface area (Å²) in [6.45, 7) is 5.43. The largest absolute Gasteiger partial charge is 0.376 e. The van der Waals surface area contributed by atoms with Gasteiger partial charge in [0.1, 0.15) is 5.69 Å². The highest BCUT2D eigenvalue weighted by Crippen LogP contribution is 2.16. The van der Waals surface area contributed by atoms with E-state index in [2.05, 4.69) is 29.1 Å². The van der Waals surface area contributed by atoms with Crippen LogP contribution in [0.25, 0.3) is 0 Å². The number of carbonyl (C=O) groups excluding carboxylic acids is 1. The van der Waals surface area contributed by atoms with Crippen LogP contribution in [0.3, 0.4) is 0 Å². The number of nitrogens with one attached hydrogen (secondary N) is 1. The lowest BCUT2D eigenvalue weighted by Crippen LogP contribution is -2.32. The molecular weight excluding hydrogens is 268 g/mol. The molecule has 2 heterocycles. The average Bonchev–Trinajstić information content (AvgIpc) is 2.97. The molecule has 1 atom stereocenters. The van der Waals surface area contributed by atoms with Crippen molar-refractivity contribution < 1.29 is 9.53 Å².